The summed E-state index contributed by atoms with van der Waals surface area (Å²) >= 11 is 1.60. The van der Waals surface area contributed by atoms with E-state index in [-0.39, 0.29) is 17.9 Å². The Balaban J connectivity index is 2.34. The van der Waals surface area contributed by atoms with E-state index in [4.69, 9.17) is 4.74 Å². The van der Waals surface area contributed by atoms with Gasteiger partial charge in [0.25, 0.3) is 0 Å². The van der Waals surface area contributed by atoms with Gasteiger partial charge in [-0.1, -0.05) is 43.0 Å². The number of nitrogens with one attached hydrogen (secondary N) is 2. The van der Waals surface area contributed by atoms with Gasteiger partial charge in [0.2, 0.25) is 11.8 Å². The number of ether oxygens (including phenoxy) is 1. The van der Waals surface area contributed by atoms with Gasteiger partial charge in [0.1, 0.15) is 17.7 Å². The first-order valence-electron chi connectivity index (χ1n) is 12.6. The second kappa shape index (κ2) is 13.2. The second-order valence-corrected chi connectivity index (χ2v) is 11.5. The fraction of sp³-hybridized carbons (Fsp3) is 0.667. The van der Waals surface area contributed by atoms with E-state index in [9.17, 15) is 14.4 Å². The van der Waals surface area contributed by atoms with Crippen molar-refractivity contribution in [2.75, 3.05) is 19.1 Å². The number of carbonyl (C=O) groups excluding carboxylic acids is 3. The first kappa shape index (κ1) is 29.0. The third kappa shape index (κ3) is 9.06. The summed E-state index contributed by atoms with van der Waals surface area (Å²) in [5.41, 5.74) is 2.09. The third-order valence-electron chi connectivity index (χ3n) is 6.26. The number of amides is 3. The number of hydrogen-bond donors (Lipinski definition) is 2. The number of hydrogen-bond acceptors (Lipinski definition) is 5. The van der Waals surface area contributed by atoms with E-state index in [0.29, 0.717) is 12.2 Å². The summed E-state index contributed by atoms with van der Waals surface area (Å²) in [6.45, 7) is 9.28. The molecule has 2 atom stereocenters. The van der Waals surface area contributed by atoms with Gasteiger partial charge in [-0.05, 0) is 77.0 Å². The van der Waals surface area contributed by atoms with Crippen LogP contribution in [0.15, 0.2) is 18.2 Å². The van der Waals surface area contributed by atoms with Gasteiger partial charge in [-0.2, -0.15) is 11.8 Å². The summed E-state index contributed by atoms with van der Waals surface area (Å²) in [5, 5.41) is 5.95. The lowest BCUT2D eigenvalue weighted by molar-refractivity contribution is -0.141. The minimum atomic E-state index is -0.794. The number of nitrogens with zero attached hydrogens (tertiary/aromatic N) is 1. The molecule has 2 N–H and O–H groups in total. The molecule has 0 spiro atoms. The molecule has 0 aliphatic heterocycles. The largest absolute Gasteiger partial charge is 0.444 e. The molecule has 1 aromatic rings. The molecule has 1 saturated carbocycles. The number of thioether (sulfide) groups is 1. The lowest BCUT2D eigenvalue weighted by Gasteiger charge is -2.34. The van der Waals surface area contributed by atoms with Crippen LogP contribution in [0.3, 0.4) is 0 Å². The highest BCUT2D eigenvalue weighted by Crippen LogP contribution is 2.27. The Kier molecular flexibility index (Phi) is 10.9. The monoisotopic (exact) mass is 505 g/mol. The van der Waals surface area contributed by atoms with E-state index >= 15 is 0 Å². The maximum absolute atomic E-state index is 13.7. The van der Waals surface area contributed by atoms with Gasteiger partial charge in [-0.3, -0.25) is 9.59 Å². The van der Waals surface area contributed by atoms with Crippen molar-refractivity contribution < 1.29 is 19.1 Å². The fourth-order valence-corrected chi connectivity index (χ4v) is 4.89. The SMILES string of the molecule is CSCCC(NC(=O)OC(C)(C)C)C(=O)N(C)C(C(=O)NC1CCCCC1)c1cc(C)ccc1C. The fourth-order valence-electron chi connectivity index (χ4n) is 4.42. The van der Waals surface area contributed by atoms with Crippen LogP contribution in [0.5, 0.6) is 0 Å². The summed E-state index contributed by atoms with van der Waals surface area (Å²) in [7, 11) is 1.65. The van der Waals surface area contributed by atoms with Gasteiger partial charge >= 0.3 is 6.09 Å². The highest BCUT2D eigenvalue weighted by molar-refractivity contribution is 7.98. The number of alkyl carbamates (subject to hydrolysis) is 1. The molecule has 2 unspecified atom stereocenters. The van der Waals surface area contributed by atoms with E-state index in [1.165, 1.54) is 11.3 Å². The maximum Gasteiger partial charge on any atom is 0.408 e. The normalized spacial score (nSPS) is 16.2. The predicted octanol–water partition coefficient (Wildman–Crippen LogP) is 4.90. The van der Waals surface area contributed by atoms with E-state index in [0.717, 1.165) is 42.4 Å². The Morgan fingerprint density at radius 3 is 2.40 bits per heavy atom. The van der Waals surface area contributed by atoms with Crippen LogP contribution in [-0.2, 0) is 14.3 Å². The minimum Gasteiger partial charge on any atom is -0.444 e. The molecule has 1 aliphatic carbocycles. The van der Waals surface area contributed by atoms with Crippen molar-refractivity contribution >= 4 is 29.7 Å². The summed E-state index contributed by atoms with van der Waals surface area (Å²) < 4.78 is 5.40. The Morgan fingerprint density at radius 1 is 1.14 bits per heavy atom. The molecule has 35 heavy (non-hydrogen) atoms. The van der Waals surface area contributed by atoms with Crippen LogP contribution in [0.4, 0.5) is 4.79 Å². The Bertz CT molecular complexity index is 878. The van der Waals surface area contributed by atoms with Crippen molar-refractivity contribution in [1.82, 2.24) is 15.5 Å². The van der Waals surface area contributed by atoms with E-state index in [1.54, 1.807) is 39.6 Å². The standard InChI is InChI=1S/C27H43N3O4S/c1-18-13-14-19(2)21(17-18)23(24(31)28-20-11-9-8-10-12-20)30(6)25(32)22(15-16-35-7)29-26(33)34-27(3,4)5/h13-14,17,20,22-23H,8-12,15-16H2,1-7H3,(H,28,31)(H,29,33). The Morgan fingerprint density at radius 2 is 1.80 bits per heavy atom. The van der Waals surface area contributed by atoms with Gasteiger partial charge < -0.3 is 20.3 Å². The van der Waals surface area contributed by atoms with Crippen molar-refractivity contribution in [2.24, 2.45) is 0 Å². The molecule has 3 amide bonds. The van der Waals surface area contributed by atoms with Crippen molar-refractivity contribution in [3.63, 3.8) is 0 Å². The molecule has 0 aromatic heterocycles. The topological polar surface area (TPSA) is 87.7 Å². The zero-order chi connectivity index (χ0) is 26.2. The van der Waals surface area contributed by atoms with Gasteiger partial charge in [0, 0.05) is 13.1 Å². The number of carbonyl (C=O) groups is 3. The first-order valence-corrected chi connectivity index (χ1v) is 13.9. The van der Waals surface area contributed by atoms with Gasteiger partial charge in [-0.15, -0.1) is 0 Å². The number of aryl methyl sites for hydroxylation is 2. The molecule has 7 nitrogen and oxygen atoms in total. The van der Waals surface area contributed by atoms with Gasteiger partial charge in [0.15, 0.2) is 0 Å². The molecule has 0 heterocycles. The summed E-state index contributed by atoms with van der Waals surface area (Å²) in [4.78, 5) is 41.4. The van der Waals surface area contributed by atoms with E-state index in [2.05, 4.69) is 10.6 Å². The summed E-state index contributed by atoms with van der Waals surface area (Å²) in [5.74, 6) is 0.194. The van der Waals surface area contributed by atoms with Crippen LogP contribution in [0.1, 0.15) is 82.0 Å². The quantitative estimate of drug-likeness (QED) is 0.499. The molecule has 196 valence electrons. The van der Waals surface area contributed by atoms with Crippen LogP contribution in [0.25, 0.3) is 0 Å². The Hall–Kier alpha value is -2.22. The summed E-state index contributed by atoms with van der Waals surface area (Å²) in [6.07, 6.45) is 7.06. The average molecular weight is 506 g/mol. The number of benzene rings is 1. The smallest absolute Gasteiger partial charge is 0.408 e. The summed E-state index contributed by atoms with van der Waals surface area (Å²) in [6, 6.07) is 4.50. The Labute approximate surface area is 215 Å². The average Bonchev–Trinajstić information content (AvgIpc) is 2.78. The molecular weight excluding hydrogens is 462 g/mol. The predicted molar refractivity (Wildman–Crippen MR) is 143 cm³/mol. The molecule has 2 rings (SSSR count). The van der Waals surface area contributed by atoms with Crippen LogP contribution in [0, 0.1) is 13.8 Å². The number of likely N-dealkylation sites (N-methyl/N-ethyl adjacent to an activating group) is 1. The van der Waals surface area contributed by atoms with Crippen LogP contribution >= 0.6 is 11.8 Å². The zero-order valence-electron chi connectivity index (χ0n) is 22.4. The molecule has 0 saturated heterocycles. The van der Waals surface area contributed by atoms with E-state index in [1.807, 2.05) is 38.3 Å². The zero-order valence-corrected chi connectivity index (χ0v) is 23.2. The first-order chi connectivity index (χ1) is 16.4. The van der Waals surface area contributed by atoms with Crippen LogP contribution < -0.4 is 10.6 Å². The van der Waals surface area contributed by atoms with E-state index < -0.39 is 23.8 Å². The number of rotatable bonds is 9. The lowest BCUT2D eigenvalue weighted by atomic mass is 9.93. The van der Waals surface area contributed by atoms with Crippen molar-refractivity contribution in [3.8, 4) is 0 Å². The minimum absolute atomic E-state index is 0.125. The third-order valence-corrected chi connectivity index (χ3v) is 6.91. The highest BCUT2D eigenvalue weighted by Gasteiger charge is 2.35. The second-order valence-electron chi connectivity index (χ2n) is 10.5. The maximum atomic E-state index is 13.7. The molecule has 1 fully saturated rings. The van der Waals surface area contributed by atoms with Crippen LogP contribution in [-0.4, -0.2) is 59.5 Å². The van der Waals surface area contributed by atoms with Crippen molar-refractivity contribution in [3.05, 3.63) is 34.9 Å². The van der Waals surface area contributed by atoms with Crippen LogP contribution in [0.2, 0.25) is 0 Å². The molecule has 1 aromatic carbocycles. The van der Waals surface area contributed by atoms with Crippen molar-refractivity contribution in [2.45, 2.75) is 96.9 Å². The van der Waals surface area contributed by atoms with Gasteiger partial charge in [-0.25, -0.2) is 4.79 Å². The van der Waals surface area contributed by atoms with Gasteiger partial charge in [0.05, 0.1) is 0 Å². The molecule has 1 aliphatic rings. The lowest BCUT2D eigenvalue weighted by Crippen LogP contribution is -2.52. The molecule has 8 heteroatoms. The van der Waals surface area contributed by atoms with Crippen molar-refractivity contribution in [1.29, 1.82) is 0 Å². The highest BCUT2D eigenvalue weighted by atomic mass is 32.2. The molecule has 0 bridgehead atoms. The molecular formula is C27H43N3O4S. The molecule has 0 radical (unpaired) electrons.